The van der Waals surface area contributed by atoms with Crippen LogP contribution in [-0.2, 0) is 4.79 Å². The highest BCUT2D eigenvalue weighted by Gasteiger charge is 2.32. The van der Waals surface area contributed by atoms with E-state index in [1.165, 1.54) is 51.6 Å². The molecule has 1 N–H and O–H groups in total. The molecule has 0 radical (unpaired) electrons. The fraction of sp³-hybridized carbons (Fsp3) is 0.941. The van der Waals surface area contributed by atoms with Crippen molar-refractivity contribution in [3.8, 4) is 0 Å². The van der Waals surface area contributed by atoms with E-state index >= 15 is 0 Å². The summed E-state index contributed by atoms with van der Waals surface area (Å²) < 4.78 is 0. The molecule has 3 atom stereocenters. The first-order valence-electron chi connectivity index (χ1n) is 8.99. The lowest BCUT2D eigenvalue weighted by molar-refractivity contribution is -0.131. The smallest absolute Gasteiger partial charge is 0.224 e. The van der Waals surface area contributed by atoms with Crippen LogP contribution < -0.4 is 5.32 Å². The minimum atomic E-state index is 0.376. The molecule has 0 aromatic heterocycles. The molecule has 3 unspecified atom stereocenters. The van der Waals surface area contributed by atoms with Gasteiger partial charge >= 0.3 is 0 Å². The SMILES string of the molecule is CC1CCCNC1CC(=O)N1CCC(N2CCCCC2)C1. The van der Waals surface area contributed by atoms with Gasteiger partial charge in [0.05, 0.1) is 0 Å². The Kier molecular flexibility index (Phi) is 5.17. The third-order valence-corrected chi connectivity index (χ3v) is 5.75. The maximum atomic E-state index is 12.6. The molecule has 120 valence electrons. The third kappa shape index (κ3) is 3.78. The van der Waals surface area contributed by atoms with Crippen LogP contribution in [0.2, 0.25) is 0 Å². The summed E-state index contributed by atoms with van der Waals surface area (Å²) in [4.78, 5) is 17.3. The molecule has 3 heterocycles. The Morgan fingerprint density at radius 1 is 1.10 bits per heavy atom. The second-order valence-corrected chi connectivity index (χ2v) is 7.26. The van der Waals surface area contributed by atoms with Gasteiger partial charge in [-0.05, 0) is 57.7 Å². The van der Waals surface area contributed by atoms with E-state index in [0.717, 1.165) is 19.6 Å². The molecule has 3 saturated heterocycles. The first kappa shape index (κ1) is 15.3. The van der Waals surface area contributed by atoms with Crippen molar-refractivity contribution in [3.63, 3.8) is 0 Å². The number of hydrogen-bond acceptors (Lipinski definition) is 3. The molecule has 3 aliphatic rings. The van der Waals surface area contributed by atoms with Gasteiger partial charge in [-0.3, -0.25) is 9.69 Å². The number of piperidine rings is 2. The third-order valence-electron chi connectivity index (χ3n) is 5.75. The molecule has 0 aromatic carbocycles. The Labute approximate surface area is 129 Å². The van der Waals surface area contributed by atoms with Crippen LogP contribution in [0, 0.1) is 5.92 Å². The zero-order valence-electron chi connectivity index (χ0n) is 13.5. The van der Waals surface area contributed by atoms with E-state index in [0.29, 0.717) is 30.3 Å². The predicted molar refractivity (Wildman–Crippen MR) is 85.2 cm³/mol. The van der Waals surface area contributed by atoms with Gasteiger partial charge in [0.15, 0.2) is 0 Å². The van der Waals surface area contributed by atoms with E-state index in [9.17, 15) is 4.79 Å². The lowest BCUT2D eigenvalue weighted by Gasteiger charge is -2.33. The highest BCUT2D eigenvalue weighted by atomic mass is 16.2. The van der Waals surface area contributed by atoms with Gasteiger partial charge in [-0.1, -0.05) is 13.3 Å². The van der Waals surface area contributed by atoms with Crippen LogP contribution in [-0.4, -0.2) is 60.5 Å². The maximum Gasteiger partial charge on any atom is 0.224 e. The largest absolute Gasteiger partial charge is 0.341 e. The van der Waals surface area contributed by atoms with E-state index in [4.69, 9.17) is 0 Å². The monoisotopic (exact) mass is 293 g/mol. The molecular formula is C17H31N3O. The average molecular weight is 293 g/mol. The van der Waals surface area contributed by atoms with Crippen molar-refractivity contribution in [2.24, 2.45) is 5.92 Å². The molecule has 3 aliphatic heterocycles. The normalized spacial score (nSPS) is 35.1. The molecule has 21 heavy (non-hydrogen) atoms. The number of amides is 1. The molecule has 0 aliphatic carbocycles. The molecule has 0 saturated carbocycles. The van der Waals surface area contributed by atoms with Crippen molar-refractivity contribution in [1.82, 2.24) is 15.1 Å². The lowest BCUT2D eigenvalue weighted by Crippen LogP contribution is -2.45. The maximum absolute atomic E-state index is 12.6. The number of likely N-dealkylation sites (tertiary alicyclic amines) is 2. The summed E-state index contributed by atoms with van der Waals surface area (Å²) in [6.45, 7) is 7.80. The van der Waals surface area contributed by atoms with Gasteiger partial charge in [0.2, 0.25) is 5.91 Å². The van der Waals surface area contributed by atoms with E-state index in [2.05, 4.69) is 22.0 Å². The summed E-state index contributed by atoms with van der Waals surface area (Å²) in [5, 5.41) is 3.54. The summed E-state index contributed by atoms with van der Waals surface area (Å²) in [5.74, 6) is 1.02. The predicted octanol–water partition coefficient (Wildman–Crippen LogP) is 1.85. The Bertz CT molecular complexity index is 354. The molecule has 0 aromatic rings. The van der Waals surface area contributed by atoms with Crippen LogP contribution in [0.25, 0.3) is 0 Å². The minimum absolute atomic E-state index is 0.376. The highest BCUT2D eigenvalue weighted by Crippen LogP contribution is 2.23. The Morgan fingerprint density at radius 3 is 2.67 bits per heavy atom. The number of carbonyl (C=O) groups excluding carboxylic acids is 1. The minimum Gasteiger partial charge on any atom is -0.341 e. The van der Waals surface area contributed by atoms with Crippen LogP contribution >= 0.6 is 0 Å². The van der Waals surface area contributed by atoms with Crippen molar-refractivity contribution < 1.29 is 4.79 Å². The number of carbonyl (C=O) groups is 1. The van der Waals surface area contributed by atoms with Crippen LogP contribution in [0.3, 0.4) is 0 Å². The van der Waals surface area contributed by atoms with E-state index in [-0.39, 0.29) is 0 Å². The number of rotatable bonds is 3. The molecular weight excluding hydrogens is 262 g/mol. The zero-order valence-corrected chi connectivity index (χ0v) is 13.5. The summed E-state index contributed by atoms with van der Waals surface area (Å²) >= 11 is 0. The van der Waals surface area contributed by atoms with E-state index < -0.39 is 0 Å². The van der Waals surface area contributed by atoms with Crippen molar-refractivity contribution >= 4 is 5.91 Å². The van der Waals surface area contributed by atoms with Gasteiger partial charge in [-0.25, -0.2) is 0 Å². The Balaban J connectivity index is 1.47. The summed E-state index contributed by atoms with van der Waals surface area (Å²) in [6.07, 6.45) is 8.47. The van der Waals surface area contributed by atoms with Crippen LogP contribution in [0.5, 0.6) is 0 Å². The summed E-state index contributed by atoms with van der Waals surface area (Å²) in [5.41, 5.74) is 0. The molecule has 0 spiro atoms. The van der Waals surface area contributed by atoms with E-state index in [1.54, 1.807) is 0 Å². The summed E-state index contributed by atoms with van der Waals surface area (Å²) in [7, 11) is 0. The zero-order chi connectivity index (χ0) is 14.7. The van der Waals surface area contributed by atoms with Gasteiger partial charge in [0.25, 0.3) is 0 Å². The highest BCUT2D eigenvalue weighted by molar-refractivity contribution is 5.77. The second kappa shape index (κ2) is 7.10. The fourth-order valence-corrected chi connectivity index (χ4v) is 4.25. The van der Waals surface area contributed by atoms with Crippen LogP contribution in [0.1, 0.15) is 51.9 Å². The van der Waals surface area contributed by atoms with Crippen molar-refractivity contribution in [2.75, 3.05) is 32.7 Å². The topological polar surface area (TPSA) is 35.6 Å². The number of nitrogens with one attached hydrogen (secondary N) is 1. The lowest BCUT2D eigenvalue weighted by atomic mass is 9.90. The molecule has 4 nitrogen and oxygen atoms in total. The molecule has 4 heteroatoms. The standard InChI is InChI=1S/C17H31N3O/c1-14-6-5-8-18-16(14)12-17(21)20-11-7-15(13-20)19-9-3-2-4-10-19/h14-16,18H,2-13H2,1H3. The summed E-state index contributed by atoms with van der Waals surface area (Å²) in [6, 6.07) is 1.03. The van der Waals surface area contributed by atoms with Gasteiger partial charge in [-0.15, -0.1) is 0 Å². The van der Waals surface area contributed by atoms with Gasteiger partial charge in [-0.2, -0.15) is 0 Å². The Hall–Kier alpha value is -0.610. The molecule has 0 bridgehead atoms. The first-order valence-corrected chi connectivity index (χ1v) is 8.99. The van der Waals surface area contributed by atoms with E-state index in [1.807, 2.05) is 0 Å². The number of nitrogens with zero attached hydrogens (tertiary/aromatic N) is 2. The van der Waals surface area contributed by atoms with Gasteiger partial charge in [0, 0.05) is 31.6 Å². The second-order valence-electron chi connectivity index (χ2n) is 7.26. The van der Waals surface area contributed by atoms with Gasteiger partial charge in [0.1, 0.15) is 0 Å². The molecule has 3 rings (SSSR count). The quantitative estimate of drug-likeness (QED) is 0.862. The van der Waals surface area contributed by atoms with Crippen LogP contribution in [0.15, 0.2) is 0 Å². The van der Waals surface area contributed by atoms with Crippen molar-refractivity contribution in [3.05, 3.63) is 0 Å². The van der Waals surface area contributed by atoms with Gasteiger partial charge < -0.3 is 10.2 Å². The Morgan fingerprint density at radius 2 is 1.90 bits per heavy atom. The fourth-order valence-electron chi connectivity index (χ4n) is 4.25. The van der Waals surface area contributed by atoms with Crippen LogP contribution in [0.4, 0.5) is 0 Å². The average Bonchev–Trinajstić information content (AvgIpc) is 3.00. The van der Waals surface area contributed by atoms with Crippen molar-refractivity contribution in [2.45, 2.75) is 64.0 Å². The first-order chi connectivity index (χ1) is 10.2. The number of hydrogen-bond donors (Lipinski definition) is 1. The molecule has 1 amide bonds. The van der Waals surface area contributed by atoms with Crippen molar-refractivity contribution in [1.29, 1.82) is 0 Å². The molecule has 3 fully saturated rings.